The number of anilines is 2. The first-order valence-corrected chi connectivity index (χ1v) is 10.0. The van der Waals surface area contributed by atoms with E-state index in [1.807, 2.05) is 47.3 Å². The van der Waals surface area contributed by atoms with Gasteiger partial charge in [0.05, 0.1) is 13.2 Å². The fourth-order valence-electron chi connectivity index (χ4n) is 3.03. The van der Waals surface area contributed by atoms with Crippen LogP contribution in [0.1, 0.15) is 12.5 Å². The molecule has 6 heteroatoms. The lowest BCUT2D eigenvalue weighted by Crippen LogP contribution is -2.36. The maximum atomic E-state index is 12.8. The number of amides is 1. The molecular formula is C19H25N3O2S. The summed E-state index contributed by atoms with van der Waals surface area (Å²) in [6.07, 6.45) is 6.78. The van der Waals surface area contributed by atoms with Gasteiger partial charge in [0.25, 0.3) is 0 Å². The van der Waals surface area contributed by atoms with Crippen LogP contribution in [-0.2, 0) is 9.53 Å². The number of benzene rings is 1. The molecule has 1 unspecified atom stereocenters. The maximum Gasteiger partial charge on any atom is 0.247 e. The zero-order chi connectivity index (χ0) is 17.5. The Morgan fingerprint density at radius 3 is 2.72 bits per heavy atom. The SMILES string of the molecule is CSCCC(C(=O)Nc1cccc(N2CCOCC2)c1)n1cccc1. The van der Waals surface area contributed by atoms with Crippen molar-refractivity contribution in [1.82, 2.24) is 4.57 Å². The number of aromatic nitrogens is 1. The van der Waals surface area contributed by atoms with Crippen LogP contribution in [0.4, 0.5) is 11.4 Å². The van der Waals surface area contributed by atoms with E-state index in [9.17, 15) is 4.79 Å². The Morgan fingerprint density at radius 2 is 2.00 bits per heavy atom. The summed E-state index contributed by atoms with van der Waals surface area (Å²) < 4.78 is 7.39. The highest BCUT2D eigenvalue weighted by Crippen LogP contribution is 2.23. The summed E-state index contributed by atoms with van der Waals surface area (Å²) in [5, 5.41) is 3.09. The number of thioether (sulfide) groups is 1. The third-order valence-corrected chi connectivity index (χ3v) is 5.02. The van der Waals surface area contributed by atoms with Crippen molar-refractivity contribution < 1.29 is 9.53 Å². The van der Waals surface area contributed by atoms with Gasteiger partial charge in [-0.1, -0.05) is 6.07 Å². The number of morpholine rings is 1. The van der Waals surface area contributed by atoms with Gasteiger partial charge in [-0.3, -0.25) is 4.79 Å². The van der Waals surface area contributed by atoms with Crippen molar-refractivity contribution in [2.24, 2.45) is 0 Å². The van der Waals surface area contributed by atoms with Crippen molar-refractivity contribution in [3.63, 3.8) is 0 Å². The molecule has 1 N–H and O–H groups in total. The fraction of sp³-hybridized carbons (Fsp3) is 0.421. The second-order valence-corrected chi connectivity index (χ2v) is 7.05. The molecule has 5 nitrogen and oxygen atoms in total. The van der Waals surface area contributed by atoms with E-state index in [4.69, 9.17) is 4.74 Å². The Morgan fingerprint density at radius 1 is 1.24 bits per heavy atom. The minimum Gasteiger partial charge on any atom is -0.378 e. The molecule has 134 valence electrons. The molecule has 2 heterocycles. The molecule has 1 fully saturated rings. The lowest BCUT2D eigenvalue weighted by Gasteiger charge is -2.29. The second kappa shape index (κ2) is 8.97. The Balaban J connectivity index is 1.70. The van der Waals surface area contributed by atoms with Crippen LogP contribution in [0.2, 0.25) is 0 Å². The van der Waals surface area contributed by atoms with Gasteiger partial charge in [-0.2, -0.15) is 11.8 Å². The summed E-state index contributed by atoms with van der Waals surface area (Å²) in [5.74, 6) is 0.980. The highest BCUT2D eigenvalue weighted by Gasteiger charge is 2.20. The van der Waals surface area contributed by atoms with Crippen LogP contribution in [-0.4, -0.2) is 48.8 Å². The van der Waals surface area contributed by atoms with Gasteiger partial charge in [0.2, 0.25) is 5.91 Å². The van der Waals surface area contributed by atoms with Gasteiger partial charge in [0.1, 0.15) is 6.04 Å². The molecule has 0 bridgehead atoms. The van der Waals surface area contributed by atoms with Gasteiger partial charge in [-0.05, 0) is 48.8 Å². The van der Waals surface area contributed by atoms with E-state index in [-0.39, 0.29) is 11.9 Å². The first-order valence-electron chi connectivity index (χ1n) is 8.63. The molecular weight excluding hydrogens is 334 g/mol. The van der Waals surface area contributed by atoms with E-state index in [2.05, 4.69) is 22.5 Å². The van der Waals surface area contributed by atoms with Gasteiger partial charge in [-0.15, -0.1) is 0 Å². The topological polar surface area (TPSA) is 46.5 Å². The van der Waals surface area contributed by atoms with Crippen LogP contribution < -0.4 is 10.2 Å². The van der Waals surface area contributed by atoms with E-state index < -0.39 is 0 Å². The summed E-state index contributed by atoms with van der Waals surface area (Å²) in [5.41, 5.74) is 1.97. The molecule has 1 saturated heterocycles. The molecule has 2 aromatic rings. The van der Waals surface area contributed by atoms with Crippen LogP contribution in [0.15, 0.2) is 48.8 Å². The third-order valence-electron chi connectivity index (χ3n) is 4.38. The van der Waals surface area contributed by atoms with Crippen LogP contribution in [0.3, 0.4) is 0 Å². The molecule has 3 rings (SSSR count). The van der Waals surface area contributed by atoms with E-state index in [1.165, 1.54) is 0 Å². The first kappa shape index (κ1) is 17.9. The summed E-state index contributed by atoms with van der Waals surface area (Å²) >= 11 is 1.76. The van der Waals surface area contributed by atoms with Crippen LogP contribution in [0.25, 0.3) is 0 Å². The average molecular weight is 359 g/mol. The molecule has 25 heavy (non-hydrogen) atoms. The second-order valence-electron chi connectivity index (χ2n) is 6.07. The molecule has 1 aromatic heterocycles. The number of nitrogens with zero attached hydrogens (tertiary/aromatic N) is 2. The lowest BCUT2D eigenvalue weighted by molar-refractivity contribution is -0.119. The summed E-state index contributed by atoms with van der Waals surface area (Å²) in [4.78, 5) is 15.1. The minimum atomic E-state index is -0.186. The van der Waals surface area contributed by atoms with Crippen molar-refractivity contribution in [2.75, 3.05) is 48.5 Å². The monoisotopic (exact) mass is 359 g/mol. The number of carbonyl (C=O) groups is 1. The Kier molecular flexibility index (Phi) is 6.42. The van der Waals surface area contributed by atoms with E-state index in [1.54, 1.807) is 11.8 Å². The molecule has 0 aliphatic carbocycles. The van der Waals surface area contributed by atoms with Crippen molar-refractivity contribution in [3.8, 4) is 0 Å². The van der Waals surface area contributed by atoms with Crippen molar-refractivity contribution in [1.29, 1.82) is 0 Å². The standard InChI is InChI=1S/C19H25N3O2S/c1-25-14-7-18(22-8-2-3-9-22)19(23)20-16-5-4-6-17(15-16)21-10-12-24-13-11-21/h2-6,8-9,15,18H,7,10-14H2,1H3,(H,20,23). The number of ether oxygens (including phenoxy) is 1. The minimum absolute atomic E-state index is 0.0318. The normalized spacial score (nSPS) is 15.8. The van der Waals surface area contributed by atoms with Gasteiger partial charge >= 0.3 is 0 Å². The summed E-state index contributed by atoms with van der Waals surface area (Å²) in [6.45, 7) is 3.27. The quantitative estimate of drug-likeness (QED) is 0.824. The number of rotatable bonds is 7. The predicted molar refractivity (Wildman–Crippen MR) is 105 cm³/mol. The molecule has 0 radical (unpaired) electrons. The molecule has 1 aliphatic rings. The Labute approximate surface area is 153 Å². The molecule has 1 amide bonds. The Bertz CT molecular complexity index is 669. The zero-order valence-corrected chi connectivity index (χ0v) is 15.4. The summed E-state index contributed by atoms with van der Waals surface area (Å²) in [7, 11) is 0. The molecule has 1 aromatic carbocycles. The number of hydrogen-bond acceptors (Lipinski definition) is 4. The van der Waals surface area contributed by atoms with E-state index in [0.717, 1.165) is 49.9 Å². The lowest BCUT2D eigenvalue weighted by atomic mass is 10.2. The number of carbonyl (C=O) groups excluding carboxylic acids is 1. The van der Waals surface area contributed by atoms with E-state index >= 15 is 0 Å². The highest BCUT2D eigenvalue weighted by atomic mass is 32.2. The van der Waals surface area contributed by atoms with Gasteiger partial charge < -0.3 is 19.5 Å². The molecule has 1 aliphatic heterocycles. The van der Waals surface area contributed by atoms with Gasteiger partial charge in [0.15, 0.2) is 0 Å². The average Bonchev–Trinajstić information content (AvgIpc) is 3.17. The van der Waals surface area contributed by atoms with Gasteiger partial charge in [-0.25, -0.2) is 0 Å². The molecule has 1 atom stereocenters. The van der Waals surface area contributed by atoms with Crippen molar-refractivity contribution >= 4 is 29.0 Å². The maximum absolute atomic E-state index is 12.8. The predicted octanol–water partition coefficient (Wildman–Crippen LogP) is 3.26. The highest BCUT2D eigenvalue weighted by molar-refractivity contribution is 7.98. The smallest absolute Gasteiger partial charge is 0.247 e. The fourth-order valence-corrected chi connectivity index (χ4v) is 3.49. The zero-order valence-electron chi connectivity index (χ0n) is 14.6. The largest absolute Gasteiger partial charge is 0.378 e. The van der Waals surface area contributed by atoms with Crippen LogP contribution in [0.5, 0.6) is 0 Å². The summed E-state index contributed by atoms with van der Waals surface area (Å²) in [6, 6.07) is 11.8. The first-order chi connectivity index (χ1) is 12.3. The van der Waals surface area contributed by atoms with Crippen molar-refractivity contribution in [2.45, 2.75) is 12.5 Å². The number of hydrogen-bond donors (Lipinski definition) is 1. The van der Waals surface area contributed by atoms with Crippen LogP contribution >= 0.6 is 11.8 Å². The Hall–Kier alpha value is -1.92. The molecule has 0 spiro atoms. The van der Waals surface area contributed by atoms with Crippen molar-refractivity contribution in [3.05, 3.63) is 48.8 Å². The number of nitrogens with one attached hydrogen (secondary N) is 1. The van der Waals surface area contributed by atoms with Crippen LogP contribution in [0, 0.1) is 0 Å². The molecule has 0 saturated carbocycles. The van der Waals surface area contributed by atoms with E-state index in [0.29, 0.717) is 0 Å². The third kappa shape index (κ3) is 4.80. The van der Waals surface area contributed by atoms with Gasteiger partial charge in [0, 0.05) is 36.9 Å².